The standard InChI is InChI=1S/C16H30N4O/c1-6-17-14(11-13-12-20(4)19-18-13)16(21-5)9-7-15(2,3)8-10-16/h12,14,17H,6-11H2,1-5H3. The molecule has 1 atom stereocenters. The first-order valence-electron chi connectivity index (χ1n) is 8.04. The summed E-state index contributed by atoms with van der Waals surface area (Å²) in [7, 11) is 3.77. The van der Waals surface area contributed by atoms with E-state index < -0.39 is 0 Å². The molecule has 5 nitrogen and oxygen atoms in total. The number of hydrogen-bond acceptors (Lipinski definition) is 4. The molecule has 1 aliphatic carbocycles. The second kappa shape index (κ2) is 6.44. The molecule has 5 heteroatoms. The Morgan fingerprint density at radius 2 is 2.00 bits per heavy atom. The van der Waals surface area contributed by atoms with Gasteiger partial charge in [-0.15, -0.1) is 5.10 Å². The predicted octanol–water partition coefficient (Wildman–Crippen LogP) is 2.32. The van der Waals surface area contributed by atoms with Crippen LogP contribution in [-0.4, -0.2) is 40.3 Å². The molecule has 1 heterocycles. The molecule has 0 amide bonds. The molecule has 0 spiro atoms. The van der Waals surface area contributed by atoms with Crippen molar-refractivity contribution in [2.24, 2.45) is 12.5 Å². The zero-order chi connectivity index (χ0) is 15.5. The van der Waals surface area contributed by atoms with Gasteiger partial charge in [0.25, 0.3) is 0 Å². The second-order valence-corrected chi connectivity index (χ2v) is 7.13. The van der Waals surface area contributed by atoms with E-state index >= 15 is 0 Å². The number of aryl methyl sites for hydroxylation is 1. The molecule has 120 valence electrons. The van der Waals surface area contributed by atoms with E-state index in [2.05, 4.69) is 36.4 Å². The number of rotatable bonds is 6. The molecule has 0 bridgehead atoms. The third-order valence-corrected chi connectivity index (χ3v) is 5.01. The number of likely N-dealkylation sites (N-methyl/N-ethyl adjacent to an activating group) is 1. The molecule has 0 aromatic carbocycles. The first-order valence-corrected chi connectivity index (χ1v) is 8.04. The fourth-order valence-electron chi connectivity index (χ4n) is 3.43. The summed E-state index contributed by atoms with van der Waals surface area (Å²) < 4.78 is 7.81. The molecule has 0 aliphatic heterocycles. The topological polar surface area (TPSA) is 52.0 Å². The molecule has 1 fully saturated rings. The molecular weight excluding hydrogens is 264 g/mol. The molecular formula is C16H30N4O. The molecule has 1 unspecified atom stereocenters. The average molecular weight is 294 g/mol. The quantitative estimate of drug-likeness (QED) is 0.875. The number of hydrogen-bond donors (Lipinski definition) is 1. The Labute approximate surface area is 128 Å². The van der Waals surface area contributed by atoms with Crippen molar-refractivity contribution in [1.29, 1.82) is 0 Å². The Balaban J connectivity index is 2.14. The van der Waals surface area contributed by atoms with Crippen LogP contribution in [0.15, 0.2) is 6.20 Å². The van der Waals surface area contributed by atoms with Crippen molar-refractivity contribution in [3.63, 3.8) is 0 Å². The van der Waals surface area contributed by atoms with E-state index in [1.165, 1.54) is 12.8 Å². The number of ether oxygens (including phenoxy) is 1. The maximum atomic E-state index is 6.05. The highest BCUT2D eigenvalue weighted by Gasteiger charge is 2.44. The minimum atomic E-state index is -0.0803. The summed E-state index contributed by atoms with van der Waals surface area (Å²) >= 11 is 0. The van der Waals surface area contributed by atoms with Crippen LogP contribution in [0.4, 0.5) is 0 Å². The lowest BCUT2D eigenvalue weighted by molar-refractivity contribution is -0.0860. The van der Waals surface area contributed by atoms with Crippen molar-refractivity contribution in [1.82, 2.24) is 20.3 Å². The summed E-state index contributed by atoms with van der Waals surface area (Å²) in [5.74, 6) is 0. The third-order valence-electron chi connectivity index (χ3n) is 5.01. The lowest BCUT2D eigenvalue weighted by atomic mass is 9.68. The number of nitrogens with zero attached hydrogens (tertiary/aromatic N) is 3. The van der Waals surface area contributed by atoms with Crippen molar-refractivity contribution < 1.29 is 4.74 Å². The van der Waals surface area contributed by atoms with Crippen molar-refractivity contribution in [2.75, 3.05) is 13.7 Å². The number of aromatic nitrogens is 3. The highest BCUT2D eigenvalue weighted by Crippen LogP contribution is 2.43. The molecule has 21 heavy (non-hydrogen) atoms. The van der Waals surface area contributed by atoms with Gasteiger partial charge in [-0.25, -0.2) is 0 Å². The Hall–Kier alpha value is -0.940. The minimum absolute atomic E-state index is 0.0803. The van der Waals surface area contributed by atoms with Crippen LogP contribution in [0.3, 0.4) is 0 Å². The molecule has 1 saturated carbocycles. The summed E-state index contributed by atoms with van der Waals surface area (Å²) in [6, 6.07) is 0.292. The van der Waals surface area contributed by atoms with Gasteiger partial charge in [0.15, 0.2) is 0 Å². The summed E-state index contributed by atoms with van der Waals surface area (Å²) in [5.41, 5.74) is 1.39. The predicted molar refractivity (Wildman–Crippen MR) is 84.2 cm³/mol. The van der Waals surface area contributed by atoms with E-state index in [1.807, 2.05) is 20.4 Å². The summed E-state index contributed by atoms with van der Waals surface area (Å²) in [4.78, 5) is 0. The normalized spacial score (nSPS) is 22.1. The highest BCUT2D eigenvalue weighted by molar-refractivity contribution is 5.05. The van der Waals surface area contributed by atoms with Gasteiger partial charge < -0.3 is 10.1 Å². The van der Waals surface area contributed by atoms with Gasteiger partial charge >= 0.3 is 0 Å². The maximum absolute atomic E-state index is 6.05. The zero-order valence-corrected chi connectivity index (χ0v) is 14.1. The molecule has 0 saturated heterocycles. The average Bonchev–Trinajstić information content (AvgIpc) is 2.85. The van der Waals surface area contributed by atoms with Crippen LogP contribution in [-0.2, 0) is 18.2 Å². The van der Waals surface area contributed by atoms with Crippen molar-refractivity contribution in [3.8, 4) is 0 Å². The zero-order valence-electron chi connectivity index (χ0n) is 14.1. The summed E-state index contributed by atoms with van der Waals surface area (Å²) in [6.07, 6.45) is 7.51. The highest BCUT2D eigenvalue weighted by atomic mass is 16.5. The van der Waals surface area contributed by atoms with Gasteiger partial charge in [0.2, 0.25) is 0 Å². The van der Waals surface area contributed by atoms with Gasteiger partial charge in [-0.05, 0) is 37.6 Å². The van der Waals surface area contributed by atoms with Crippen LogP contribution in [0.5, 0.6) is 0 Å². The van der Waals surface area contributed by atoms with E-state index in [4.69, 9.17) is 4.74 Å². The van der Waals surface area contributed by atoms with Crippen LogP contribution >= 0.6 is 0 Å². The fourth-order valence-corrected chi connectivity index (χ4v) is 3.43. The van der Waals surface area contributed by atoms with Crippen LogP contribution in [0, 0.1) is 5.41 Å². The molecule has 0 radical (unpaired) electrons. The molecule has 1 aromatic heterocycles. The second-order valence-electron chi connectivity index (χ2n) is 7.13. The van der Waals surface area contributed by atoms with Gasteiger partial charge in [-0.3, -0.25) is 4.68 Å². The number of nitrogens with one attached hydrogen (secondary N) is 1. The van der Waals surface area contributed by atoms with Gasteiger partial charge in [-0.1, -0.05) is 26.0 Å². The van der Waals surface area contributed by atoms with Gasteiger partial charge in [0, 0.05) is 32.8 Å². The summed E-state index contributed by atoms with van der Waals surface area (Å²) in [6.45, 7) is 7.81. The smallest absolute Gasteiger partial charge is 0.0843 e. The van der Waals surface area contributed by atoms with Crippen molar-refractivity contribution in [3.05, 3.63) is 11.9 Å². The number of methoxy groups -OCH3 is 1. The van der Waals surface area contributed by atoms with Gasteiger partial charge in [-0.2, -0.15) is 0 Å². The van der Waals surface area contributed by atoms with Crippen LogP contribution < -0.4 is 5.32 Å². The Morgan fingerprint density at radius 3 is 2.48 bits per heavy atom. The molecule has 1 aliphatic rings. The monoisotopic (exact) mass is 294 g/mol. The largest absolute Gasteiger partial charge is 0.377 e. The van der Waals surface area contributed by atoms with Crippen molar-refractivity contribution in [2.45, 2.75) is 64.5 Å². The van der Waals surface area contributed by atoms with E-state index in [1.54, 1.807) is 4.68 Å². The van der Waals surface area contributed by atoms with Gasteiger partial charge in [0.1, 0.15) is 0 Å². The SMILES string of the molecule is CCNC(Cc1cn(C)nn1)C1(OC)CCC(C)(C)CC1. The molecule has 1 N–H and O–H groups in total. The molecule has 2 rings (SSSR count). The van der Waals surface area contributed by atoms with Crippen molar-refractivity contribution >= 4 is 0 Å². The van der Waals surface area contributed by atoms with E-state index in [-0.39, 0.29) is 5.60 Å². The minimum Gasteiger partial charge on any atom is -0.377 e. The lowest BCUT2D eigenvalue weighted by Gasteiger charge is -2.47. The summed E-state index contributed by atoms with van der Waals surface area (Å²) in [5, 5.41) is 11.9. The first-order chi connectivity index (χ1) is 9.91. The maximum Gasteiger partial charge on any atom is 0.0843 e. The Morgan fingerprint density at radius 1 is 1.33 bits per heavy atom. The van der Waals surface area contributed by atoms with E-state index in [0.29, 0.717) is 11.5 Å². The van der Waals surface area contributed by atoms with Crippen LogP contribution in [0.25, 0.3) is 0 Å². The molecule has 1 aromatic rings. The Bertz CT molecular complexity index is 445. The Kier molecular flexibility index (Phi) is 5.04. The van der Waals surface area contributed by atoms with Gasteiger partial charge in [0.05, 0.1) is 11.3 Å². The third kappa shape index (κ3) is 3.83. The lowest BCUT2D eigenvalue weighted by Crippen LogP contribution is -2.55. The first kappa shape index (κ1) is 16.4. The van der Waals surface area contributed by atoms with E-state index in [9.17, 15) is 0 Å². The van der Waals surface area contributed by atoms with E-state index in [0.717, 1.165) is 31.5 Å². The van der Waals surface area contributed by atoms with Crippen LogP contribution in [0.1, 0.15) is 52.1 Å². The fraction of sp³-hybridized carbons (Fsp3) is 0.875. The van der Waals surface area contributed by atoms with Crippen LogP contribution in [0.2, 0.25) is 0 Å².